The van der Waals surface area contributed by atoms with E-state index in [1.165, 1.54) is 0 Å². The lowest BCUT2D eigenvalue weighted by Gasteiger charge is -2.29. The molecule has 6 nitrogen and oxygen atoms in total. The van der Waals surface area contributed by atoms with E-state index in [1.807, 2.05) is 0 Å². The zero-order chi connectivity index (χ0) is 12.4. The number of piperidine rings is 1. The summed E-state index contributed by atoms with van der Waals surface area (Å²) in [5.74, 6) is -0.964. The Morgan fingerprint density at radius 2 is 2.24 bits per heavy atom. The van der Waals surface area contributed by atoms with Crippen LogP contribution >= 0.6 is 0 Å². The third-order valence-electron chi connectivity index (χ3n) is 3.13. The maximum absolute atomic E-state index is 11.0. The van der Waals surface area contributed by atoms with Gasteiger partial charge in [0.05, 0.1) is 0 Å². The number of aryl methyl sites for hydroxylation is 1. The number of carboxylic acid groups (broad SMARTS) is 1. The van der Waals surface area contributed by atoms with Crippen LogP contribution in [0, 0.1) is 0 Å². The number of aromatic carboxylic acids is 1. The van der Waals surface area contributed by atoms with E-state index in [9.17, 15) is 4.79 Å². The highest BCUT2D eigenvalue weighted by atomic mass is 16.4. The number of hydrogen-bond donors (Lipinski definition) is 2. The van der Waals surface area contributed by atoms with Gasteiger partial charge in [0.1, 0.15) is 0 Å². The molecule has 2 rings (SSSR count). The first-order valence-electron chi connectivity index (χ1n) is 5.80. The van der Waals surface area contributed by atoms with Gasteiger partial charge in [-0.15, -0.1) is 0 Å². The molecule has 1 aliphatic rings. The standard InChI is InChI=1S/C11H18N4O2/c1-14-6-8(10(13-14)11(16)17)7-15-4-2-9(12)3-5-15/h6,9H,2-5,7,12H2,1H3,(H,16,17). The Bertz CT molecular complexity index is 408. The third kappa shape index (κ3) is 2.83. The average molecular weight is 238 g/mol. The van der Waals surface area contributed by atoms with Gasteiger partial charge in [0.25, 0.3) is 0 Å². The largest absolute Gasteiger partial charge is 0.476 e. The molecule has 1 aromatic rings. The average Bonchev–Trinajstić information content (AvgIpc) is 2.63. The van der Waals surface area contributed by atoms with E-state index in [1.54, 1.807) is 17.9 Å². The number of likely N-dealkylation sites (tertiary alicyclic amines) is 1. The molecule has 3 N–H and O–H groups in total. The van der Waals surface area contributed by atoms with Gasteiger partial charge < -0.3 is 10.8 Å². The Balaban J connectivity index is 2.05. The van der Waals surface area contributed by atoms with E-state index >= 15 is 0 Å². The van der Waals surface area contributed by atoms with Crippen molar-refractivity contribution in [2.75, 3.05) is 13.1 Å². The second-order valence-corrected chi connectivity index (χ2v) is 4.60. The zero-order valence-corrected chi connectivity index (χ0v) is 9.96. The van der Waals surface area contributed by atoms with Crippen molar-refractivity contribution in [2.24, 2.45) is 12.8 Å². The molecule has 0 aliphatic carbocycles. The van der Waals surface area contributed by atoms with Crippen molar-refractivity contribution < 1.29 is 9.90 Å². The Morgan fingerprint density at radius 3 is 2.82 bits per heavy atom. The van der Waals surface area contributed by atoms with Crippen LogP contribution in [0.3, 0.4) is 0 Å². The van der Waals surface area contributed by atoms with Crippen LogP contribution in [-0.4, -0.2) is 44.9 Å². The Kier molecular flexibility index (Phi) is 3.44. The van der Waals surface area contributed by atoms with Gasteiger partial charge in [0.15, 0.2) is 5.69 Å². The summed E-state index contributed by atoms with van der Waals surface area (Å²) < 4.78 is 1.55. The molecule has 0 atom stereocenters. The zero-order valence-electron chi connectivity index (χ0n) is 9.96. The van der Waals surface area contributed by atoms with Crippen molar-refractivity contribution in [3.63, 3.8) is 0 Å². The first kappa shape index (κ1) is 12.1. The lowest BCUT2D eigenvalue weighted by molar-refractivity contribution is 0.0686. The van der Waals surface area contributed by atoms with Crippen LogP contribution in [-0.2, 0) is 13.6 Å². The molecule has 1 aliphatic heterocycles. The Morgan fingerprint density at radius 1 is 1.59 bits per heavy atom. The van der Waals surface area contributed by atoms with Gasteiger partial charge in [0.2, 0.25) is 0 Å². The highest BCUT2D eigenvalue weighted by Crippen LogP contribution is 2.14. The highest BCUT2D eigenvalue weighted by molar-refractivity contribution is 5.86. The Labute approximate surface area is 100 Å². The summed E-state index contributed by atoms with van der Waals surface area (Å²) in [4.78, 5) is 13.2. The third-order valence-corrected chi connectivity index (χ3v) is 3.13. The molecule has 6 heteroatoms. The van der Waals surface area contributed by atoms with Crippen LogP contribution < -0.4 is 5.73 Å². The molecule has 0 saturated carbocycles. The normalized spacial score (nSPS) is 18.5. The molecular weight excluding hydrogens is 220 g/mol. The molecule has 94 valence electrons. The van der Waals surface area contributed by atoms with Crippen LogP contribution in [0.15, 0.2) is 6.20 Å². The molecule has 0 aromatic carbocycles. The number of hydrogen-bond acceptors (Lipinski definition) is 4. The number of nitrogens with two attached hydrogens (primary N) is 1. The summed E-state index contributed by atoms with van der Waals surface area (Å²) in [6.07, 6.45) is 3.73. The van der Waals surface area contributed by atoms with Gasteiger partial charge in [-0.2, -0.15) is 5.10 Å². The summed E-state index contributed by atoms with van der Waals surface area (Å²) in [5.41, 5.74) is 6.76. The predicted octanol–water partition coefficient (Wildman–Crippen LogP) is 0.0414. The highest BCUT2D eigenvalue weighted by Gasteiger charge is 2.20. The smallest absolute Gasteiger partial charge is 0.356 e. The first-order chi connectivity index (χ1) is 8.06. The summed E-state index contributed by atoms with van der Waals surface area (Å²) >= 11 is 0. The minimum Gasteiger partial charge on any atom is -0.476 e. The van der Waals surface area contributed by atoms with Gasteiger partial charge in [-0.3, -0.25) is 9.58 Å². The van der Waals surface area contributed by atoms with Crippen molar-refractivity contribution >= 4 is 5.97 Å². The van der Waals surface area contributed by atoms with Crippen molar-refractivity contribution in [3.8, 4) is 0 Å². The molecule has 1 aromatic heterocycles. The van der Waals surface area contributed by atoms with E-state index in [0.717, 1.165) is 31.5 Å². The second kappa shape index (κ2) is 4.85. The van der Waals surface area contributed by atoms with Crippen LogP contribution in [0.5, 0.6) is 0 Å². The molecule has 0 radical (unpaired) electrons. The summed E-state index contributed by atoms with van der Waals surface area (Å²) in [5, 5.41) is 13.0. The lowest BCUT2D eigenvalue weighted by atomic mass is 10.1. The second-order valence-electron chi connectivity index (χ2n) is 4.60. The minimum absolute atomic E-state index is 0.155. The van der Waals surface area contributed by atoms with Crippen LogP contribution in [0.25, 0.3) is 0 Å². The van der Waals surface area contributed by atoms with Crippen molar-refractivity contribution in [1.29, 1.82) is 0 Å². The summed E-state index contributed by atoms with van der Waals surface area (Å²) in [6, 6.07) is 0.291. The monoisotopic (exact) mass is 238 g/mol. The van der Waals surface area contributed by atoms with E-state index < -0.39 is 5.97 Å². The SMILES string of the molecule is Cn1cc(CN2CCC(N)CC2)c(C(=O)O)n1. The first-order valence-corrected chi connectivity index (χ1v) is 5.80. The van der Waals surface area contributed by atoms with Gasteiger partial charge in [-0.05, 0) is 25.9 Å². The fourth-order valence-electron chi connectivity index (χ4n) is 2.19. The quantitative estimate of drug-likeness (QED) is 0.776. The van der Waals surface area contributed by atoms with Crippen LogP contribution in [0.1, 0.15) is 28.9 Å². The van der Waals surface area contributed by atoms with Gasteiger partial charge >= 0.3 is 5.97 Å². The van der Waals surface area contributed by atoms with Crippen molar-refractivity contribution in [2.45, 2.75) is 25.4 Å². The predicted molar refractivity (Wildman–Crippen MR) is 62.7 cm³/mol. The molecule has 1 fully saturated rings. The minimum atomic E-state index is -0.964. The molecular formula is C11H18N4O2. The van der Waals surface area contributed by atoms with Gasteiger partial charge in [-0.25, -0.2) is 4.79 Å². The molecule has 1 saturated heterocycles. The lowest BCUT2D eigenvalue weighted by Crippen LogP contribution is -2.39. The molecule has 2 heterocycles. The van der Waals surface area contributed by atoms with Crippen molar-refractivity contribution in [3.05, 3.63) is 17.5 Å². The Hall–Kier alpha value is -1.40. The maximum Gasteiger partial charge on any atom is 0.356 e. The molecule has 0 spiro atoms. The fourth-order valence-corrected chi connectivity index (χ4v) is 2.19. The number of carbonyl (C=O) groups is 1. The van der Waals surface area contributed by atoms with Gasteiger partial charge in [-0.1, -0.05) is 0 Å². The number of nitrogens with zero attached hydrogens (tertiary/aromatic N) is 3. The topological polar surface area (TPSA) is 84.4 Å². The summed E-state index contributed by atoms with van der Waals surface area (Å²) in [7, 11) is 1.74. The number of rotatable bonds is 3. The van der Waals surface area contributed by atoms with E-state index in [4.69, 9.17) is 10.8 Å². The number of carboxylic acids is 1. The van der Waals surface area contributed by atoms with Crippen molar-refractivity contribution in [1.82, 2.24) is 14.7 Å². The molecule has 0 unspecified atom stereocenters. The van der Waals surface area contributed by atoms with E-state index in [2.05, 4.69) is 10.00 Å². The summed E-state index contributed by atoms with van der Waals surface area (Å²) in [6.45, 7) is 2.49. The number of aromatic nitrogens is 2. The van der Waals surface area contributed by atoms with Crippen LogP contribution in [0.4, 0.5) is 0 Å². The molecule has 17 heavy (non-hydrogen) atoms. The molecule has 0 amide bonds. The van der Waals surface area contributed by atoms with Gasteiger partial charge in [0, 0.05) is 31.4 Å². The van der Waals surface area contributed by atoms with E-state index in [-0.39, 0.29) is 5.69 Å². The van der Waals surface area contributed by atoms with Crippen LogP contribution in [0.2, 0.25) is 0 Å². The maximum atomic E-state index is 11.0. The van der Waals surface area contributed by atoms with E-state index in [0.29, 0.717) is 12.6 Å². The fraction of sp³-hybridized carbons (Fsp3) is 0.636. The molecule has 0 bridgehead atoms.